The number of aliphatic hydroxyl groups is 1. The average Bonchev–Trinajstić information content (AvgIpc) is 2.36. The van der Waals surface area contributed by atoms with Gasteiger partial charge < -0.3 is 10.4 Å². The van der Waals surface area contributed by atoms with Crippen molar-refractivity contribution in [3.8, 4) is 0 Å². The number of nitrogens with one attached hydrogen (secondary N) is 1. The van der Waals surface area contributed by atoms with Crippen LogP contribution in [-0.2, 0) is 0 Å². The summed E-state index contributed by atoms with van der Waals surface area (Å²) in [5, 5.41) is 12.9. The Kier molecular flexibility index (Phi) is 4.12. The summed E-state index contributed by atoms with van der Waals surface area (Å²) in [5.74, 6) is -1.39. The van der Waals surface area contributed by atoms with E-state index in [1.807, 2.05) is 31.2 Å². The van der Waals surface area contributed by atoms with Gasteiger partial charge in [0.05, 0.1) is 6.10 Å². The lowest BCUT2D eigenvalue weighted by Crippen LogP contribution is -2.13. The van der Waals surface area contributed by atoms with Crippen LogP contribution in [0.3, 0.4) is 0 Å². The molecule has 100 valence electrons. The Morgan fingerprint density at radius 1 is 1.16 bits per heavy atom. The van der Waals surface area contributed by atoms with Crippen LogP contribution in [0.15, 0.2) is 42.5 Å². The van der Waals surface area contributed by atoms with Gasteiger partial charge in [-0.15, -0.1) is 0 Å². The molecule has 0 bridgehead atoms. The smallest absolute Gasteiger partial charge is 0.131 e. The summed E-state index contributed by atoms with van der Waals surface area (Å²) in [4.78, 5) is 0. The Hall–Kier alpha value is -1.94. The summed E-state index contributed by atoms with van der Waals surface area (Å²) in [7, 11) is 0. The lowest BCUT2D eigenvalue weighted by atomic mass is 10.1. The molecule has 0 saturated heterocycles. The second-order valence-corrected chi connectivity index (χ2v) is 4.43. The summed E-state index contributed by atoms with van der Waals surface area (Å²) in [5.41, 5.74) is 2.02. The van der Waals surface area contributed by atoms with E-state index in [9.17, 15) is 13.9 Å². The largest absolute Gasteiger partial charge is 0.386 e. The molecule has 0 aliphatic heterocycles. The minimum Gasteiger partial charge on any atom is -0.386 e. The molecule has 0 aliphatic rings. The first-order chi connectivity index (χ1) is 9.06. The molecule has 4 heteroatoms. The van der Waals surface area contributed by atoms with E-state index in [4.69, 9.17) is 0 Å². The van der Waals surface area contributed by atoms with Crippen LogP contribution in [0.2, 0.25) is 0 Å². The molecule has 1 atom stereocenters. The lowest BCUT2D eigenvalue weighted by Gasteiger charge is -2.14. The van der Waals surface area contributed by atoms with Gasteiger partial charge >= 0.3 is 0 Å². The van der Waals surface area contributed by atoms with Crippen molar-refractivity contribution in [2.24, 2.45) is 0 Å². The third-order valence-electron chi connectivity index (χ3n) is 2.84. The van der Waals surface area contributed by atoms with Gasteiger partial charge in [0.25, 0.3) is 0 Å². The van der Waals surface area contributed by atoms with Gasteiger partial charge in [0.15, 0.2) is 0 Å². The van der Waals surface area contributed by atoms with Crippen LogP contribution in [0.5, 0.6) is 0 Å². The van der Waals surface area contributed by atoms with Crippen molar-refractivity contribution < 1.29 is 13.9 Å². The highest BCUT2D eigenvalue weighted by Crippen LogP contribution is 2.19. The predicted octanol–water partition coefficient (Wildman–Crippen LogP) is 3.42. The van der Waals surface area contributed by atoms with Crippen molar-refractivity contribution in [3.05, 3.63) is 65.2 Å². The van der Waals surface area contributed by atoms with Crippen LogP contribution >= 0.6 is 0 Å². The molecule has 0 amide bonds. The summed E-state index contributed by atoms with van der Waals surface area (Å²) < 4.78 is 26.2. The molecule has 0 fully saturated rings. The predicted molar refractivity (Wildman–Crippen MR) is 71.0 cm³/mol. The number of aryl methyl sites for hydroxylation is 1. The lowest BCUT2D eigenvalue weighted by molar-refractivity contribution is 0.186. The number of anilines is 1. The Morgan fingerprint density at radius 3 is 2.63 bits per heavy atom. The minimum atomic E-state index is -1.03. The van der Waals surface area contributed by atoms with Gasteiger partial charge in [-0.2, -0.15) is 0 Å². The first kappa shape index (κ1) is 13.5. The van der Waals surface area contributed by atoms with Crippen molar-refractivity contribution in [1.29, 1.82) is 0 Å². The Balaban J connectivity index is 2.03. The van der Waals surface area contributed by atoms with E-state index in [1.165, 1.54) is 6.07 Å². The SMILES string of the molecule is Cc1cccc(NCC(O)c2ccc(F)cc2F)c1. The van der Waals surface area contributed by atoms with Gasteiger partial charge in [0.2, 0.25) is 0 Å². The number of hydrogen-bond donors (Lipinski definition) is 2. The molecule has 0 aliphatic carbocycles. The highest BCUT2D eigenvalue weighted by Gasteiger charge is 2.13. The zero-order chi connectivity index (χ0) is 13.8. The molecule has 0 saturated carbocycles. The van der Waals surface area contributed by atoms with Crippen molar-refractivity contribution in [2.45, 2.75) is 13.0 Å². The van der Waals surface area contributed by atoms with Crippen LogP contribution < -0.4 is 5.32 Å². The Morgan fingerprint density at radius 2 is 1.95 bits per heavy atom. The molecule has 0 spiro atoms. The zero-order valence-corrected chi connectivity index (χ0v) is 10.5. The van der Waals surface area contributed by atoms with E-state index in [-0.39, 0.29) is 12.1 Å². The quantitative estimate of drug-likeness (QED) is 0.886. The van der Waals surface area contributed by atoms with Crippen LogP contribution in [0.25, 0.3) is 0 Å². The molecule has 0 radical (unpaired) electrons. The highest BCUT2D eigenvalue weighted by molar-refractivity contribution is 5.45. The fourth-order valence-electron chi connectivity index (χ4n) is 1.85. The van der Waals surface area contributed by atoms with E-state index >= 15 is 0 Å². The van der Waals surface area contributed by atoms with Crippen molar-refractivity contribution >= 4 is 5.69 Å². The number of rotatable bonds is 4. The monoisotopic (exact) mass is 263 g/mol. The van der Waals surface area contributed by atoms with Gasteiger partial charge in [-0.25, -0.2) is 8.78 Å². The molecular weight excluding hydrogens is 248 g/mol. The molecule has 2 N–H and O–H groups in total. The van der Waals surface area contributed by atoms with Gasteiger partial charge in [0.1, 0.15) is 11.6 Å². The van der Waals surface area contributed by atoms with Crippen molar-refractivity contribution in [2.75, 3.05) is 11.9 Å². The fraction of sp³-hybridized carbons (Fsp3) is 0.200. The number of benzene rings is 2. The highest BCUT2D eigenvalue weighted by atomic mass is 19.1. The number of halogens is 2. The third-order valence-corrected chi connectivity index (χ3v) is 2.84. The second kappa shape index (κ2) is 5.80. The van der Waals surface area contributed by atoms with Crippen molar-refractivity contribution in [1.82, 2.24) is 0 Å². The molecule has 19 heavy (non-hydrogen) atoms. The normalized spacial score (nSPS) is 12.2. The summed E-state index contributed by atoms with van der Waals surface area (Å²) >= 11 is 0. The standard InChI is InChI=1S/C15H15F2NO/c1-10-3-2-4-12(7-10)18-9-15(19)13-6-5-11(16)8-14(13)17/h2-8,15,18-19H,9H2,1H3. The van der Waals surface area contributed by atoms with E-state index in [1.54, 1.807) is 0 Å². The third kappa shape index (κ3) is 3.51. The molecule has 0 aromatic heterocycles. The maximum absolute atomic E-state index is 13.5. The van der Waals surface area contributed by atoms with Gasteiger partial charge in [-0.1, -0.05) is 18.2 Å². The number of aliphatic hydroxyl groups excluding tert-OH is 1. The van der Waals surface area contributed by atoms with Gasteiger partial charge in [-0.3, -0.25) is 0 Å². The van der Waals surface area contributed by atoms with Crippen LogP contribution in [0.4, 0.5) is 14.5 Å². The molecule has 2 rings (SSSR count). The summed E-state index contributed by atoms with van der Waals surface area (Å²) in [6.07, 6.45) is -1.03. The van der Waals surface area contributed by atoms with Crippen LogP contribution in [0, 0.1) is 18.6 Å². The van der Waals surface area contributed by atoms with Crippen LogP contribution in [0.1, 0.15) is 17.2 Å². The summed E-state index contributed by atoms with van der Waals surface area (Å²) in [6.45, 7) is 2.12. The summed E-state index contributed by atoms with van der Waals surface area (Å²) in [6, 6.07) is 10.8. The van der Waals surface area contributed by atoms with Gasteiger partial charge in [0, 0.05) is 23.9 Å². The van der Waals surface area contributed by atoms with E-state index in [2.05, 4.69) is 5.32 Å². The molecule has 2 aromatic carbocycles. The molecular formula is C15H15F2NO. The van der Waals surface area contributed by atoms with E-state index in [0.29, 0.717) is 0 Å². The fourth-order valence-corrected chi connectivity index (χ4v) is 1.85. The topological polar surface area (TPSA) is 32.3 Å². The van der Waals surface area contributed by atoms with Gasteiger partial charge in [-0.05, 0) is 30.7 Å². The number of hydrogen-bond acceptors (Lipinski definition) is 2. The molecule has 2 aromatic rings. The Labute approximate surface area is 110 Å². The average molecular weight is 263 g/mol. The van der Waals surface area contributed by atoms with E-state index < -0.39 is 17.7 Å². The molecule has 0 heterocycles. The zero-order valence-electron chi connectivity index (χ0n) is 10.5. The maximum Gasteiger partial charge on any atom is 0.131 e. The van der Waals surface area contributed by atoms with Crippen molar-refractivity contribution in [3.63, 3.8) is 0 Å². The molecule has 1 unspecified atom stereocenters. The van der Waals surface area contributed by atoms with E-state index in [0.717, 1.165) is 23.4 Å². The van der Waals surface area contributed by atoms with Crippen LogP contribution in [-0.4, -0.2) is 11.7 Å². The molecule has 2 nitrogen and oxygen atoms in total. The second-order valence-electron chi connectivity index (χ2n) is 4.43. The first-order valence-electron chi connectivity index (χ1n) is 6.00. The first-order valence-corrected chi connectivity index (χ1v) is 6.00. The Bertz CT molecular complexity index is 572. The maximum atomic E-state index is 13.5. The minimum absolute atomic E-state index is 0.0848.